The summed E-state index contributed by atoms with van der Waals surface area (Å²) in [4.78, 5) is 11.9. The summed E-state index contributed by atoms with van der Waals surface area (Å²) in [5, 5.41) is 2.62. The molecule has 0 spiro atoms. The van der Waals surface area contributed by atoms with Gasteiger partial charge in [-0.15, -0.1) is 0 Å². The first kappa shape index (κ1) is 17.3. The lowest BCUT2D eigenvalue weighted by atomic mass is 9.86. The predicted molar refractivity (Wildman–Crippen MR) is 70.2 cm³/mol. The molecule has 0 aromatic carbocycles. The summed E-state index contributed by atoms with van der Waals surface area (Å²) < 4.78 is 44.4. The second kappa shape index (κ2) is 7.29. The van der Waals surface area contributed by atoms with E-state index in [0.717, 1.165) is 25.7 Å². The average Bonchev–Trinajstić information content (AvgIpc) is 2.89. The second-order valence-corrected chi connectivity index (χ2v) is 5.52. The van der Waals surface area contributed by atoms with Crippen molar-refractivity contribution in [2.45, 2.75) is 52.1 Å². The molecule has 3 nitrogen and oxygen atoms in total. The summed E-state index contributed by atoms with van der Waals surface area (Å²) in [5.74, 6) is -0.969. The van der Waals surface area contributed by atoms with E-state index in [1.54, 1.807) is 0 Å². The van der Waals surface area contributed by atoms with Crippen molar-refractivity contribution in [3.05, 3.63) is 0 Å². The number of carbonyl (C=O) groups excluding carboxylic acids is 1. The Hall–Kier alpha value is -0.780. The first-order valence-electron chi connectivity index (χ1n) is 7.32. The number of halogens is 3. The van der Waals surface area contributed by atoms with E-state index in [0.29, 0.717) is 0 Å². The third kappa shape index (κ3) is 3.87. The molecule has 1 N–H and O–H groups in total. The van der Waals surface area contributed by atoms with Crippen molar-refractivity contribution in [1.29, 1.82) is 0 Å². The van der Waals surface area contributed by atoms with Gasteiger partial charge in [0.05, 0.1) is 6.61 Å². The first-order valence-corrected chi connectivity index (χ1v) is 7.32. The first-order chi connectivity index (χ1) is 9.37. The molecule has 0 saturated carbocycles. The van der Waals surface area contributed by atoms with Crippen LogP contribution in [0.4, 0.5) is 13.2 Å². The summed E-state index contributed by atoms with van der Waals surface area (Å²) in [6.45, 7) is 3.93. The smallest absolute Gasteiger partial charge is 0.406 e. The number of carbonyl (C=O) groups is 1. The van der Waals surface area contributed by atoms with Crippen LogP contribution in [-0.4, -0.2) is 31.8 Å². The Morgan fingerprint density at radius 3 is 2.55 bits per heavy atom. The molecule has 1 fully saturated rings. The molecule has 0 amide bonds. The van der Waals surface area contributed by atoms with Gasteiger partial charge < -0.3 is 10.1 Å². The van der Waals surface area contributed by atoms with Crippen LogP contribution in [0.25, 0.3) is 0 Å². The molecule has 20 heavy (non-hydrogen) atoms. The Morgan fingerprint density at radius 1 is 1.40 bits per heavy atom. The molecule has 118 valence electrons. The van der Waals surface area contributed by atoms with Gasteiger partial charge in [0.25, 0.3) is 0 Å². The van der Waals surface area contributed by atoms with E-state index in [-0.39, 0.29) is 32.0 Å². The van der Waals surface area contributed by atoms with Crippen LogP contribution in [-0.2, 0) is 9.53 Å². The van der Waals surface area contributed by atoms with Gasteiger partial charge in [-0.2, -0.15) is 13.2 Å². The number of hydrogen-bond acceptors (Lipinski definition) is 3. The van der Waals surface area contributed by atoms with Crippen molar-refractivity contribution in [2.75, 3.05) is 19.7 Å². The lowest BCUT2D eigenvalue weighted by Gasteiger charge is -2.29. The van der Waals surface area contributed by atoms with E-state index in [1.165, 1.54) is 0 Å². The third-order valence-corrected chi connectivity index (χ3v) is 4.08. The average molecular weight is 295 g/mol. The molecular formula is C14H24F3NO2. The number of esters is 1. The van der Waals surface area contributed by atoms with Gasteiger partial charge in [0.15, 0.2) is 5.41 Å². The van der Waals surface area contributed by atoms with Gasteiger partial charge >= 0.3 is 12.1 Å². The number of hydrogen-bond donors (Lipinski definition) is 1. The Morgan fingerprint density at radius 2 is 2.10 bits per heavy atom. The monoisotopic (exact) mass is 295 g/mol. The van der Waals surface area contributed by atoms with Gasteiger partial charge in [-0.3, -0.25) is 4.79 Å². The summed E-state index contributed by atoms with van der Waals surface area (Å²) in [7, 11) is 0. The Kier molecular flexibility index (Phi) is 6.30. The molecule has 2 unspecified atom stereocenters. The molecule has 0 bridgehead atoms. The topological polar surface area (TPSA) is 38.3 Å². The molecule has 1 heterocycles. The lowest BCUT2D eigenvalue weighted by molar-refractivity contribution is -0.229. The summed E-state index contributed by atoms with van der Waals surface area (Å²) in [6.07, 6.45) is -1.06. The van der Waals surface area contributed by atoms with Gasteiger partial charge in [0.2, 0.25) is 0 Å². The maximum atomic E-state index is 13.1. The largest absolute Gasteiger partial charge is 0.465 e. The standard InChI is InChI=1S/C14H24F3NO2/c1-3-5-6-11(4-2)9-20-12(19)13(14(15,16)17)7-8-18-10-13/h11,18H,3-10H2,1-2H3. The summed E-state index contributed by atoms with van der Waals surface area (Å²) in [5.41, 5.74) is -2.35. The highest BCUT2D eigenvalue weighted by atomic mass is 19.4. The molecule has 0 aromatic heterocycles. The second-order valence-electron chi connectivity index (χ2n) is 5.52. The predicted octanol–water partition coefficient (Wildman–Crippen LogP) is 3.29. The number of rotatable bonds is 7. The van der Waals surface area contributed by atoms with Crippen LogP contribution in [0.1, 0.15) is 46.0 Å². The van der Waals surface area contributed by atoms with Gasteiger partial charge in [-0.05, 0) is 25.3 Å². The van der Waals surface area contributed by atoms with Crippen molar-refractivity contribution < 1.29 is 22.7 Å². The van der Waals surface area contributed by atoms with Crippen molar-refractivity contribution >= 4 is 5.97 Å². The SMILES string of the molecule is CCCCC(CC)COC(=O)C1(C(F)(F)F)CCNC1. The molecular weight excluding hydrogens is 271 g/mol. The maximum Gasteiger partial charge on any atom is 0.406 e. The van der Waals surface area contributed by atoms with E-state index in [2.05, 4.69) is 12.2 Å². The molecule has 2 atom stereocenters. The van der Waals surface area contributed by atoms with Crippen LogP contribution in [0.5, 0.6) is 0 Å². The van der Waals surface area contributed by atoms with Crippen molar-refractivity contribution in [3.63, 3.8) is 0 Å². The fourth-order valence-electron chi connectivity index (χ4n) is 2.45. The van der Waals surface area contributed by atoms with Crippen LogP contribution in [0, 0.1) is 11.3 Å². The summed E-state index contributed by atoms with van der Waals surface area (Å²) >= 11 is 0. The normalized spacial score (nSPS) is 24.6. The minimum Gasteiger partial charge on any atom is -0.465 e. The molecule has 0 aromatic rings. The molecule has 0 radical (unpaired) electrons. The van der Waals surface area contributed by atoms with E-state index < -0.39 is 17.6 Å². The highest BCUT2D eigenvalue weighted by Crippen LogP contribution is 2.44. The Bertz CT molecular complexity index is 312. The minimum absolute atomic E-state index is 0.0904. The molecule has 1 aliphatic rings. The molecule has 1 aliphatic heterocycles. The van der Waals surface area contributed by atoms with Crippen molar-refractivity contribution in [3.8, 4) is 0 Å². The zero-order valence-corrected chi connectivity index (χ0v) is 12.2. The van der Waals surface area contributed by atoms with E-state index in [9.17, 15) is 18.0 Å². The maximum absolute atomic E-state index is 13.1. The van der Waals surface area contributed by atoms with Crippen LogP contribution >= 0.6 is 0 Å². The molecule has 6 heteroatoms. The zero-order valence-electron chi connectivity index (χ0n) is 12.2. The van der Waals surface area contributed by atoms with Gasteiger partial charge in [-0.25, -0.2) is 0 Å². The zero-order chi connectivity index (χ0) is 15.2. The van der Waals surface area contributed by atoms with Crippen LogP contribution < -0.4 is 5.32 Å². The lowest BCUT2D eigenvalue weighted by Crippen LogP contribution is -2.48. The van der Waals surface area contributed by atoms with E-state index in [4.69, 9.17) is 4.74 Å². The van der Waals surface area contributed by atoms with Crippen LogP contribution in [0.15, 0.2) is 0 Å². The third-order valence-electron chi connectivity index (χ3n) is 4.08. The number of ether oxygens (including phenoxy) is 1. The molecule has 1 saturated heterocycles. The van der Waals surface area contributed by atoms with E-state index in [1.807, 2.05) is 6.92 Å². The molecule has 1 rings (SSSR count). The van der Waals surface area contributed by atoms with E-state index >= 15 is 0 Å². The van der Waals surface area contributed by atoms with Gasteiger partial charge in [-0.1, -0.05) is 33.1 Å². The number of nitrogens with one attached hydrogen (secondary N) is 1. The molecule has 0 aliphatic carbocycles. The fraction of sp³-hybridized carbons (Fsp3) is 0.929. The summed E-state index contributed by atoms with van der Waals surface area (Å²) in [6, 6.07) is 0. The highest BCUT2D eigenvalue weighted by Gasteiger charge is 2.62. The quantitative estimate of drug-likeness (QED) is 0.732. The van der Waals surface area contributed by atoms with Crippen molar-refractivity contribution in [2.24, 2.45) is 11.3 Å². The van der Waals surface area contributed by atoms with Gasteiger partial charge in [0.1, 0.15) is 0 Å². The fourth-order valence-corrected chi connectivity index (χ4v) is 2.45. The number of alkyl halides is 3. The Balaban J connectivity index is 2.59. The number of unbranched alkanes of at least 4 members (excludes halogenated alkanes) is 1. The van der Waals surface area contributed by atoms with Crippen LogP contribution in [0.2, 0.25) is 0 Å². The van der Waals surface area contributed by atoms with Crippen LogP contribution in [0.3, 0.4) is 0 Å². The minimum atomic E-state index is -4.56. The van der Waals surface area contributed by atoms with Gasteiger partial charge in [0, 0.05) is 6.54 Å². The Labute approximate surface area is 118 Å². The van der Waals surface area contributed by atoms with Crippen molar-refractivity contribution in [1.82, 2.24) is 5.32 Å². The highest BCUT2D eigenvalue weighted by molar-refractivity contribution is 5.78.